The number of hydrogen-bond acceptors (Lipinski definition) is 7. The van der Waals surface area contributed by atoms with Crippen molar-refractivity contribution in [3.63, 3.8) is 0 Å². The van der Waals surface area contributed by atoms with E-state index in [1.54, 1.807) is 12.1 Å². The molecule has 6 atom stereocenters. The number of benzene rings is 1. The zero-order chi connectivity index (χ0) is 19.5. The highest BCUT2D eigenvalue weighted by molar-refractivity contribution is 5.72. The average Bonchev–Trinajstić information content (AvgIpc) is 2.91. The quantitative estimate of drug-likeness (QED) is 0.694. The van der Waals surface area contributed by atoms with E-state index in [1.165, 1.54) is 7.11 Å². The molecule has 0 spiro atoms. The molecule has 3 aliphatic rings. The number of aliphatic hydroxyl groups is 1. The fraction of sp³-hybridized carbons (Fsp3) is 0.579. The van der Waals surface area contributed by atoms with Crippen LogP contribution in [0.1, 0.15) is 23.6 Å². The first-order valence-electron chi connectivity index (χ1n) is 9.06. The number of aromatic hydroxyl groups is 1. The van der Waals surface area contributed by atoms with Crippen molar-refractivity contribution in [2.24, 2.45) is 5.92 Å². The van der Waals surface area contributed by atoms with Crippen molar-refractivity contribution in [3.8, 4) is 17.6 Å². The molecule has 144 valence electrons. The van der Waals surface area contributed by atoms with Crippen molar-refractivity contribution < 1.29 is 24.9 Å². The number of ether oxygens (including phenoxy) is 1. The number of methoxy groups -OCH3 is 1. The molecule has 2 bridgehead atoms. The largest absolute Gasteiger partial charge is 0.508 e. The first kappa shape index (κ1) is 18.0. The summed E-state index contributed by atoms with van der Waals surface area (Å²) in [7, 11) is 3.40. The molecular formula is C19H23N3O5. The molecule has 3 aliphatic heterocycles. The Morgan fingerprint density at radius 2 is 2.15 bits per heavy atom. The standard InChI is InChI=1S/C19H23N3O5/c1-21-11-6-10(19(25)26)18(21)12-5-9-15(24)3-4-16(27-2)17(9)14(8-23)22(12)13(11)7-20/h3-4,10-14,18,23-24H,5-6,8H2,1-2H3,(H,25,26)/t10-,11+,12+,13?,14+,18-/m1/s1. The second-order valence-corrected chi connectivity index (χ2v) is 7.57. The molecule has 3 N–H and O–H groups in total. The summed E-state index contributed by atoms with van der Waals surface area (Å²) in [4.78, 5) is 15.8. The van der Waals surface area contributed by atoms with Crippen LogP contribution in [0.3, 0.4) is 0 Å². The van der Waals surface area contributed by atoms with Gasteiger partial charge in [-0.15, -0.1) is 0 Å². The van der Waals surface area contributed by atoms with Crippen LogP contribution in [-0.2, 0) is 11.2 Å². The molecule has 1 unspecified atom stereocenters. The number of carbonyl (C=O) groups is 1. The van der Waals surface area contributed by atoms with Crippen LogP contribution in [-0.4, -0.2) is 76.0 Å². The molecule has 4 rings (SSSR count). The SMILES string of the molecule is COc1ccc(O)c2c1[C@H](CO)N1C(C#N)[C@@H]3C[C@@H](C(=O)O)[C@H]([C@@H]1C2)N3C. The predicted molar refractivity (Wildman–Crippen MR) is 94.3 cm³/mol. The Kier molecular flexibility index (Phi) is 4.26. The second kappa shape index (κ2) is 6.37. The fourth-order valence-corrected chi connectivity index (χ4v) is 5.53. The second-order valence-electron chi connectivity index (χ2n) is 7.57. The van der Waals surface area contributed by atoms with E-state index in [1.807, 2.05) is 16.8 Å². The van der Waals surface area contributed by atoms with E-state index in [2.05, 4.69) is 6.07 Å². The molecule has 3 heterocycles. The summed E-state index contributed by atoms with van der Waals surface area (Å²) in [5.74, 6) is -0.793. The van der Waals surface area contributed by atoms with Gasteiger partial charge in [0.2, 0.25) is 0 Å². The first-order valence-corrected chi connectivity index (χ1v) is 9.06. The van der Waals surface area contributed by atoms with Crippen LogP contribution in [0, 0.1) is 17.2 Å². The third-order valence-corrected chi connectivity index (χ3v) is 6.60. The molecule has 0 amide bonds. The topological polar surface area (TPSA) is 117 Å². The van der Waals surface area contributed by atoms with Gasteiger partial charge < -0.3 is 20.1 Å². The van der Waals surface area contributed by atoms with Crippen LogP contribution >= 0.6 is 0 Å². The van der Waals surface area contributed by atoms with Gasteiger partial charge in [0.25, 0.3) is 0 Å². The zero-order valence-electron chi connectivity index (χ0n) is 15.2. The summed E-state index contributed by atoms with van der Waals surface area (Å²) in [6, 6.07) is 3.70. The molecule has 27 heavy (non-hydrogen) atoms. The van der Waals surface area contributed by atoms with E-state index in [0.29, 0.717) is 29.7 Å². The Morgan fingerprint density at radius 1 is 1.41 bits per heavy atom. The highest BCUT2D eigenvalue weighted by Crippen LogP contribution is 2.51. The summed E-state index contributed by atoms with van der Waals surface area (Å²) in [6.07, 6.45) is 0.803. The number of phenols is 1. The average molecular weight is 373 g/mol. The van der Waals surface area contributed by atoms with Crippen molar-refractivity contribution in [2.75, 3.05) is 20.8 Å². The molecule has 0 radical (unpaired) electrons. The summed E-state index contributed by atoms with van der Waals surface area (Å²) >= 11 is 0. The summed E-state index contributed by atoms with van der Waals surface area (Å²) in [5.41, 5.74) is 1.35. The van der Waals surface area contributed by atoms with Gasteiger partial charge in [0, 0.05) is 29.3 Å². The Bertz CT molecular complexity index is 822. The summed E-state index contributed by atoms with van der Waals surface area (Å²) in [6.45, 7) is -0.248. The van der Waals surface area contributed by atoms with E-state index < -0.39 is 24.0 Å². The van der Waals surface area contributed by atoms with Crippen molar-refractivity contribution in [1.29, 1.82) is 5.26 Å². The number of phenolic OH excluding ortho intramolecular Hbond substituents is 1. The van der Waals surface area contributed by atoms with E-state index >= 15 is 0 Å². The number of hydrogen-bond donors (Lipinski definition) is 3. The molecule has 1 aromatic rings. The minimum Gasteiger partial charge on any atom is -0.508 e. The van der Waals surface area contributed by atoms with E-state index in [9.17, 15) is 25.4 Å². The smallest absolute Gasteiger partial charge is 0.308 e. The van der Waals surface area contributed by atoms with Gasteiger partial charge in [-0.3, -0.25) is 14.6 Å². The zero-order valence-corrected chi connectivity index (χ0v) is 15.2. The van der Waals surface area contributed by atoms with E-state index in [4.69, 9.17) is 4.74 Å². The minimum absolute atomic E-state index is 0.104. The van der Waals surface area contributed by atoms with Crippen molar-refractivity contribution in [2.45, 2.75) is 43.1 Å². The molecule has 2 fully saturated rings. The number of rotatable bonds is 3. The van der Waals surface area contributed by atoms with Crippen LogP contribution in [0.25, 0.3) is 0 Å². The first-order chi connectivity index (χ1) is 12.9. The van der Waals surface area contributed by atoms with Crippen LogP contribution in [0.15, 0.2) is 12.1 Å². The van der Waals surface area contributed by atoms with Crippen LogP contribution < -0.4 is 4.74 Å². The number of carboxylic acid groups (broad SMARTS) is 1. The normalized spacial score (nSPS) is 35.2. The van der Waals surface area contributed by atoms with Gasteiger partial charge in [-0.2, -0.15) is 5.26 Å². The third-order valence-electron chi connectivity index (χ3n) is 6.60. The molecular weight excluding hydrogens is 350 g/mol. The molecule has 0 aromatic heterocycles. The van der Waals surface area contributed by atoms with Gasteiger partial charge in [0.15, 0.2) is 0 Å². The van der Waals surface area contributed by atoms with Gasteiger partial charge in [-0.05, 0) is 32.0 Å². The van der Waals surface area contributed by atoms with Crippen molar-refractivity contribution >= 4 is 5.97 Å². The lowest BCUT2D eigenvalue weighted by molar-refractivity contribution is -0.144. The lowest BCUT2D eigenvalue weighted by Crippen LogP contribution is -2.67. The molecule has 8 nitrogen and oxygen atoms in total. The number of piperazine rings is 1. The third kappa shape index (κ3) is 2.35. The number of fused-ring (bicyclic) bond motifs is 5. The predicted octanol–water partition coefficient (Wildman–Crippen LogP) is 0.340. The monoisotopic (exact) mass is 373 g/mol. The minimum atomic E-state index is -0.867. The van der Waals surface area contributed by atoms with Crippen LogP contribution in [0.5, 0.6) is 11.5 Å². The number of aliphatic carboxylic acids is 1. The van der Waals surface area contributed by atoms with Gasteiger partial charge in [-0.1, -0.05) is 0 Å². The maximum absolute atomic E-state index is 11.9. The number of likely N-dealkylation sites (N-methyl/N-ethyl adjacent to an activating group) is 1. The van der Waals surface area contributed by atoms with E-state index in [0.717, 1.165) is 0 Å². The number of nitriles is 1. The Morgan fingerprint density at radius 3 is 2.74 bits per heavy atom. The van der Waals surface area contributed by atoms with Crippen molar-refractivity contribution in [3.05, 3.63) is 23.3 Å². The highest BCUT2D eigenvalue weighted by atomic mass is 16.5. The Hall–Kier alpha value is -2.34. The summed E-state index contributed by atoms with van der Waals surface area (Å²) in [5, 5.41) is 40.3. The molecule has 2 saturated heterocycles. The number of nitrogens with zero attached hydrogens (tertiary/aromatic N) is 3. The van der Waals surface area contributed by atoms with Gasteiger partial charge in [0.1, 0.15) is 17.5 Å². The molecule has 8 heteroatoms. The maximum Gasteiger partial charge on any atom is 0.308 e. The van der Waals surface area contributed by atoms with Crippen LogP contribution in [0.2, 0.25) is 0 Å². The lowest BCUT2D eigenvalue weighted by atomic mass is 9.80. The molecule has 0 saturated carbocycles. The van der Waals surface area contributed by atoms with Gasteiger partial charge in [-0.25, -0.2) is 0 Å². The summed E-state index contributed by atoms with van der Waals surface area (Å²) < 4.78 is 5.46. The maximum atomic E-state index is 11.9. The van der Waals surface area contributed by atoms with Gasteiger partial charge in [0.05, 0.1) is 31.7 Å². The number of aliphatic hydroxyl groups excluding tert-OH is 1. The van der Waals surface area contributed by atoms with Crippen molar-refractivity contribution in [1.82, 2.24) is 9.80 Å². The molecule has 0 aliphatic carbocycles. The Balaban J connectivity index is 1.90. The van der Waals surface area contributed by atoms with Gasteiger partial charge >= 0.3 is 5.97 Å². The lowest BCUT2D eigenvalue weighted by Gasteiger charge is -2.54. The molecule has 1 aromatic carbocycles. The fourth-order valence-electron chi connectivity index (χ4n) is 5.53. The highest BCUT2D eigenvalue weighted by Gasteiger charge is 2.60. The van der Waals surface area contributed by atoms with E-state index in [-0.39, 0.29) is 30.5 Å². The number of carboxylic acids is 1. The Labute approximate surface area is 157 Å². The van der Waals surface area contributed by atoms with Crippen LogP contribution in [0.4, 0.5) is 0 Å².